The topological polar surface area (TPSA) is 75.6 Å². The second kappa shape index (κ2) is 7.24. The van der Waals surface area contributed by atoms with Crippen LogP contribution in [0.5, 0.6) is 5.75 Å². The number of rotatable bonds is 5. The minimum Gasteiger partial charge on any atom is -0.497 e. The van der Waals surface area contributed by atoms with Crippen molar-refractivity contribution in [3.63, 3.8) is 0 Å². The van der Waals surface area contributed by atoms with Crippen LogP contribution in [0.1, 0.15) is 56.6 Å². The quantitative estimate of drug-likeness (QED) is 0.867. The van der Waals surface area contributed by atoms with Crippen LogP contribution in [-0.2, 0) is 9.59 Å². The number of benzene rings is 1. The normalized spacial score (nSPS) is 24.9. The molecule has 1 saturated carbocycles. The van der Waals surface area contributed by atoms with Gasteiger partial charge in [0.05, 0.1) is 13.0 Å². The molecule has 1 aromatic carbocycles. The van der Waals surface area contributed by atoms with Crippen LogP contribution in [0.15, 0.2) is 18.2 Å². The molecule has 5 nitrogen and oxygen atoms in total. The molecule has 1 aromatic rings. The molecule has 0 bridgehead atoms. The molecule has 0 aromatic heterocycles. The van der Waals surface area contributed by atoms with Crippen LogP contribution in [0, 0.1) is 12.8 Å². The van der Waals surface area contributed by atoms with Gasteiger partial charge in [-0.2, -0.15) is 0 Å². The zero-order valence-electron chi connectivity index (χ0n) is 14.9. The van der Waals surface area contributed by atoms with E-state index in [9.17, 15) is 14.7 Å². The molecule has 132 valence electrons. The number of nitrogens with one attached hydrogen (secondary N) is 1. The largest absolute Gasteiger partial charge is 0.497 e. The summed E-state index contributed by atoms with van der Waals surface area (Å²) in [6.45, 7) is 5.65. The first-order valence-electron chi connectivity index (χ1n) is 8.51. The number of methoxy groups -OCH3 is 1. The number of carbonyl (C=O) groups is 2. The number of carboxylic acids is 1. The highest BCUT2D eigenvalue weighted by atomic mass is 16.5. The van der Waals surface area contributed by atoms with Crippen LogP contribution < -0.4 is 10.1 Å². The van der Waals surface area contributed by atoms with E-state index in [4.69, 9.17) is 4.74 Å². The summed E-state index contributed by atoms with van der Waals surface area (Å²) in [7, 11) is 1.60. The fourth-order valence-electron chi connectivity index (χ4n) is 3.63. The molecular weight excluding hydrogens is 306 g/mol. The van der Waals surface area contributed by atoms with Crippen molar-refractivity contribution in [3.8, 4) is 5.75 Å². The van der Waals surface area contributed by atoms with Gasteiger partial charge in [0.1, 0.15) is 11.3 Å². The Bertz CT molecular complexity index is 628. The molecule has 3 atom stereocenters. The third-order valence-corrected chi connectivity index (χ3v) is 5.36. The van der Waals surface area contributed by atoms with Crippen LogP contribution in [0.3, 0.4) is 0 Å². The number of amides is 1. The van der Waals surface area contributed by atoms with E-state index in [-0.39, 0.29) is 11.8 Å². The lowest BCUT2D eigenvalue weighted by Crippen LogP contribution is -2.60. The van der Waals surface area contributed by atoms with Crippen LogP contribution in [0.25, 0.3) is 0 Å². The van der Waals surface area contributed by atoms with Crippen LogP contribution in [0.2, 0.25) is 0 Å². The smallest absolute Gasteiger partial charge is 0.329 e. The fraction of sp³-hybridized carbons (Fsp3) is 0.579. The highest BCUT2D eigenvalue weighted by Gasteiger charge is 2.46. The predicted molar refractivity (Wildman–Crippen MR) is 92.3 cm³/mol. The maximum absolute atomic E-state index is 12.8. The standard InChI is InChI=1S/C19H27NO4/c1-12-11-15(24-4)8-9-16(12)14(3)17(21)20-19(18(22)23)10-6-5-7-13(19)2/h8-9,11,13-14H,5-7,10H2,1-4H3,(H,20,21)(H,22,23). The number of aliphatic carboxylic acids is 1. The molecule has 3 unspecified atom stereocenters. The van der Waals surface area contributed by atoms with E-state index in [1.807, 2.05) is 39.0 Å². The Labute approximate surface area is 143 Å². The molecule has 1 aliphatic rings. The molecule has 1 amide bonds. The number of carboxylic acid groups (broad SMARTS) is 1. The third-order valence-electron chi connectivity index (χ3n) is 5.36. The zero-order valence-corrected chi connectivity index (χ0v) is 14.9. The average molecular weight is 333 g/mol. The van der Waals surface area contributed by atoms with Crippen molar-refractivity contribution in [1.29, 1.82) is 0 Å². The van der Waals surface area contributed by atoms with Crippen molar-refractivity contribution in [2.24, 2.45) is 5.92 Å². The SMILES string of the molecule is COc1ccc(C(C)C(=O)NC2(C(=O)O)CCCCC2C)c(C)c1. The Hall–Kier alpha value is -2.04. The molecule has 24 heavy (non-hydrogen) atoms. The van der Waals surface area contributed by atoms with Crippen LogP contribution >= 0.6 is 0 Å². The number of ether oxygens (including phenoxy) is 1. The first kappa shape index (κ1) is 18.3. The second-order valence-corrected chi connectivity index (χ2v) is 6.86. The second-order valence-electron chi connectivity index (χ2n) is 6.86. The summed E-state index contributed by atoms with van der Waals surface area (Å²) in [6, 6.07) is 5.58. The van der Waals surface area contributed by atoms with E-state index in [2.05, 4.69) is 5.32 Å². The fourth-order valence-corrected chi connectivity index (χ4v) is 3.63. The summed E-state index contributed by atoms with van der Waals surface area (Å²) in [5, 5.41) is 12.6. The van der Waals surface area contributed by atoms with E-state index < -0.39 is 17.4 Å². The number of carbonyl (C=O) groups excluding carboxylic acids is 1. The van der Waals surface area contributed by atoms with Crippen molar-refractivity contribution in [1.82, 2.24) is 5.32 Å². The average Bonchev–Trinajstić information content (AvgIpc) is 2.55. The van der Waals surface area contributed by atoms with Gasteiger partial charge in [-0.15, -0.1) is 0 Å². The summed E-state index contributed by atoms with van der Waals surface area (Å²) >= 11 is 0. The highest BCUT2D eigenvalue weighted by molar-refractivity contribution is 5.90. The van der Waals surface area contributed by atoms with Crippen molar-refractivity contribution < 1.29 is 19.4 Å². The maximum Gasteiger partial charge on any atom is 0.329 e. The van der Waals surface area contributed by atoms with Gasteiger partial charge in [-0.1, -0.05) is 25.8 Å². The Morgan fingerprint density at radius 1 is 1.38 bits per heavy atom. The molecule has 0 saturated heterocycles. The van der Waals surface area contributed by atoms with Gasteiger partial charge in [0.2, 0.25) is 5.91 Å². The molecule has 0 radical (unpaired) electrons. The Morgan fingerprint density at radius 2 is 2.08 bits per heavy atom. The molecule has 0 heterocycles. The predicted octanol–water partition coefficient (Wildman–Crippen LogP) is 3.26. The van der Waals surface area contributed by atoms with E-state index >= 15 is 0 Å². The summed E-state index contributed by atoms with van der Waals surface area (Å²) in [4.78, 5) is 24.7. The van der Waals surface area contributed by atoms with E-state index in [1.165, 1.54) is 0 Å². The lowest BCUT2D eigenvalue weighted by Gasteiger charge is -2.40. The van der Waals surface area contributed by atoms with Gasteiger partial charge >= 0.3 is 5.97 Å². The Kier molecular flexibility index (Phi) is 5.52. The first-order valence-corrected chi connectivity index (χ1v) is 8.51. The number of aryl methyl sites for hydroxylation is 1. The maximum atomic E-state index is 12.8. The molecule has 0 spiro atoms. The van der Waals surface area contributed by atoms with Crippen LogP contribution in [-0.4, -0.2) is 29.6 Å². The number of hydrogen-bond donors (Lipinski definition) is 2. The lowest BCUT2D eigenvalue weighted by atomic mass is 9.73. The first-order chi connectivity index (χ1) is 11.3. The molecule has 0 aliphatic heterocycles. The molecule has 1 aliphatic carbocycles. The molecule has 2 N–H and O–H groups in total. The summed E-state index contributed by atoms with van der Waals surface area (Å²) < 4.78 is 5.20. The van der Waals surface area contributed by atoms with E-state index in [1.54, 1.807) is 7.11 Å². The van der Waals surface area contributed by atoms with Gasteiger partial charge in [-0.25, -0.2) is 4.79 Å². The summed E-state index contributed by atoms with van der Waals surface area (Å²) in [5.74, 6) is -0.911. The van der Waals surface area contributed by atoms with Crippen molar-refractivity contribution >= 4 is 11.9 Å². The molecule has 2 rings (SSSR count). The minimum absolute atomic E-state index is 0.0723. The van der Waals surface area contributed by atoms with Gasteiger partial charge in [-0.3, -0.25) is 4.79 Å². The van der Waals surface area contributed by atoms with E-state index in [0.717, 1.165) is 36.1 Å². The zero-order chi connectivity index (χ0) is 17.9. The van der Waals surface area contributed by atoms with Gasteiger partial charge in [0.25, 0.3) is 0 Å². The Morgan fingerprint density at radius 3 is 2.62 bits per heavy atom. The molecular formula is C19H27NO4. The van der Waals surface area contributed by atoms with Gasteiger partial charge < -0.3 is 15.2 Å². The summed E-state index contributed by atoms with van der Waals surface area (Å²) in [5.41, 5.74) is 0.694. The number of hydrogen-bond acceptors (Lipinski definition) is 3. The van der Waals surface area contributed by atoms with Gasteiger partial charge in [0.15, 0.2) is 0 Å². The summed E-state index contributed by atoms with van der Waals surface area (Å²) in [6.07, 6.45) is 3.15. The molecule has 5 heteroatoms. The Balaban J connectivity index is 2.22. The molecule has 1 fully saturated rings. The van der Waals surface area contributed by atoms with Crippen molar-refractivity contribution in [3.05, 3.63) is 29.3 Å². The van der Waals surface area contributed by atoms with E-state index in [0.29, 0.717) is 6.42 Å². The van der Waals surface area contributed by atoms with Crippen LogP contribution in [0.4, 0.5) is 0 Å². The van der Waals surface area contributed by atoms with Gasteiger partial charge in [0, 0.05) is 0 Å². The minimum atomic E-state index is -1.15. The monoisotopic (exact) mass is 333 g/mol. The highest BCUT2D eigenvalue weighted by Crippen LogP contribution is 2.35. The lowest BCUT2D eigenvalue weighted by molar-refractivity contribution is -0.152. The van der Waals surface area contributed by atoms with Gasteiger partial charge in [-0.05, 0) is 55.9 Å². The van der Waals surface area contributed by atoms with Crippen molar-refractivity contribution in [2.75, 3.05) is 7.11 Å². The van der Waals surface area contributed by atoms with Crippen molar-refractivity contribution in [2.45, 2.75) is 57.9 Å². The third kappa shape index (κ3) is 3.40.